The smallest absolute Gasteiger partial charge is 0.0312 e. The summed E-state index contributed by atoms with van der Waals surface area (Å²) in [7, 11) is 0. The zero-order chi connectivity index (χ0) is 37.2. The van der Waals surface area contributed by atoms with Gasteiger partial charge in [-0.15, -0.1) is 0 Å². The van der Waals surface area contributed by atoms with Crippen LogP contribution in [-0.4, -0.2) is 0 Å². The van der Waals surface area contributed by atoms with E-state index >= 15 is 0 Å². The third-order valence-electron chi connectivity index (χ3n) is 21.4. The zero-order valence-corrected chi connectivity index (χ0v) is 37.2. The molecule has 0 nitrogen and oxygen atoms in total. The van der Waals surface area contributed by atoms with Gasteiger partial charge in [0.25, 0.3) is 0 Å². The van der Waals surface area contributed by atoms with Gasteiger partial charge in [0.05, 0.1) is 0 Å². The van der Waals surface area contributed by atoms with Crippen molar-refractivity contribution in [3.8, 4) is 0 Å². The Bertz CT molecular complexity index is 1040. The first kappa shape index (κ1) is 38.2. The van der Waals surface area contributed by atoms with Crippen LogP contribution in [0.2, 0.25) is 0 Å². The van der Waals surface area contributed by atoms with E-state index in [0.717, 1.165) is 40.9 Å². The Hall–Kier alpha value is 0. The molecule has 0 aromatic heterocycles. The Morgan fingerprint density at radius 3 is 0.981 bits per heavy atom. The minimum absolute atomic E-state index is 0.800. The number of fused-ring (bicyclic) bond motifs is 8. The largest absolute Gasteiger partial charge is 0.0656 e. The van der Waals surface area contributed by atoms with Gasteiger partial charge in [0, 0.05) is 0 Å². The summed E-state index contributed by atoms with van der Waals surface area (Å²) in [6, 6.07) is 0. The van der Waals surface area contributed by atoms with Crippen LogP contribution in [0.5, 0.6) is 0 Å². The Morgan fingerprint density at radius 1 is 0.352 bits per heavy atom. The molecular formula is C54H90. The average Bonchev–Trinajstić information content (AvgIpc) is 3.54. The molecule has 54 heavy (non-hydrogen) atoms. The fraction of sp³-hybridized carbons (Fsp3) is 1.00. The van der Waals surface area contributed by atoms with E-state index in [1.165, 1.54) is 126 Å². The summed E-state index contributed by atoms with van der Waals surface area (Å²) in [6.07, 6.45) is 32.2. The summed E-state index contributed by atoms with van der Waals surface area (Å²) in [5.74, 6) is 30.0. The minimum atomic E-state index is 0.800. The average molecular weight is 739 g/mol. The molecule has 0 aliphatic heterocycles. The molecule has 0 heterocycles. The molecule has 7 atom stereocenters. The molecule has 7 unspecified atom stereocenters. The predicted molar refractivity (Wildman–Crippen MR) is 229 cm³/mol. The summed E-state index contributed by atoms with van der Waals surface area (Å²) < 4.78 is 0. The standard InChI is InChI=1S/C11H18.C10H16.C8H8.C8H10.C8H14.3C3H8/c1-11-5-8-2-9(6-11)4-10(3-8)7-11;1-2-9-7-4-5-8(6-7)10(9)3-1;1-2-5-3(1)7-4(1)6(2)8(5)7;1-2-4-7-5-3(1)6(5)8(4)7;1-6-4-7-2-3-8(6)5-7;3*1-3-2/h8-10H,2-7H2,1H3;7-10H,1-6H2;1-8H;3-8H,1-2H2;6-8H,2-5H2,1H3;3*3H2,1-2H3. The molecule has 0 aromatic carbocycles. The molecule has 20 fully saturated rings. The van der Waals surface area contributed by atoms with Crippen LogP contribution in [0.3, 0.4) is 0 Å². The van der Waals surface area contributed by atoms with Crippen LogP contribution in [0, 0.1) is 147 Å². The van der Waals surface area contributed by atoms with Crippen molar-refractivity contribution in [1.82, 2.24) is 0 Å². The third-order valence-corrected chi connectivity index (χ3v) is 21.4. The first-order valence-corrected chi connectivity index (χ1v) is 26.3. The van der Waals surface area contributed by atoms with Crippen molar-refractivity contribution >= 4 is 0 Å². The summed E-state index contributed by atoms with van der Waals surface area (Å²) in [5, 5.41) is 0. The monoisotopic (exact) mass is 739 g/mol. The van der Waals surface area contributed by atoms with Gasteiger partial charge in [-0.25, -0.2) is 0 Å². The van der Waals surface area contributed by atoms with E-state index < -0.39 is 0 Å². The molecule has 0 heteroatoms. The van der Waals surface area contributed by atoms with E-state index in [2.05, 4.69) is 55.4 Å². The maximum absolute atomic E-state index is 2.54. The van der Waals surface area contributed by atoms with Crippen molar-refractivity contribution in [3.63, 3.8) is 0 Å². The Balaban J connectivity index is 0.0000000795. The molecule has 20 aliphatic rings. The lowest BCUT2D eigenvalue weighted by Crippen LogP contribution is -3.00. The first-order valence-electron chi connectivity index (χ1n) is 26.3. The highest BCUT2D eigenvalue weighted by Crippen LogP contribution is 3.01. The Labute approximate surface area is 336 Å². The van der Waals surface area contributed by atoms with Crippen LogP contribution < -0.4 is 0 Å². The minimum Gasteiger partial charge on any atom is -0.0656 e. The van der Waals surface area contributed by atoms with Gasteiger partial charge in [-0.3, -0.25) is 0 Å². The molecule has 0 radical (unpaired) electrons. The fourth-order valence-electron chi connectivity index (χ4n) is 20.4. The highest BCUT2D eigenvalue weighted by atomic mass is 15.0. The second kappa shape index (κ2) is 14.6. The van der Waals surface area contributed by atoms with Crippen LogP contribution >= 0.6 is 0 Å². The van der Waals surface area contributed by atoms with Gasteiger partial charge in [0.2, 0.25) is 0 Å². The van der Waals surface area contributed by atoms with Crippen LogP contribution in [0.15, 0.2) is 0 Å². The maximum Gasteiger partial charge on any atom is -0.0312 e. The zero-order valence-electron chi connectivity index (χ0n) is 37.2. The topological polar surface area (TPSA) is 0 Å². The summed E-state index contributed by atoms with van der Waals surface area (Å²) in [5.41, 5.74) is 0.800. The highest BCUT2D eigenvalue weighted by molar-refractivity contribution is 5.44. The van der Waals surface area contributed by atoms with Gasteiger partial charge >= 0.3 is 0 Å². The summed E-state index contributed by atoms with van der Waals surface area (Å²) >= 11 is 0. The molecule has 0 N–H and O–H groups in total. The molecule has 0 aromatic rings. The molecular weight excluding hydrogens is 649 g/mol. The second-order valence-corrected chi connectivity index (χ2v) is 24.9. The van der Waals surface area contributed by atoms with E-state index in [1.54, 1.807) is 116 Å². The lowest BCUT2D eigenvalue weighted by Gasteiger charge is -3.03. The molecule has 306 valence electrons. The molecule has 20 saturated carbocycles. The van der Waals surface area contributed by atoms with Crippen molar-refractivity contribution in [2.75, 3.05) is 0 Å². The van der Waals surface area contributed by atoms with Crippen LogP contribution in [-0.2, 0) is 0 Å². The molecule has 20 aliphatic carbocycles. The predicted octanol–water partition coefficient (Wildman–Crippen LogP) is 15.2. The SMILES string of the molecule is C12C3C4C1C1C2C3C41.C1CC2C3C4C1C4C23.C1CC2C3CCC(C3)C2C1.CC12CC3CC(CC(C3)C1)C2.CC1CC2CCC1C2.CCC.CCC.CCC. The van der Waals surface area contributed by atoms with Gasteiger partial charge in [0.1, 0.15) is 0 Å². The van der Waals surface area contributed by atoms with E-state index in [4.69, 9.17) is 0 Å². The van der Waals surface area contributed by atoms with Crippen molar-refractivity contribution in [2.24, 2.45) is 147 Å². The van der Waals surface area contributed by atoms with Gasteiger partial charge < -0.3 is 0 Å². The van der Waals surface area contributed by atoms with E-state index in [9.17, 15) is 0 Å². The van der Waals surface area contributed by atoms with E-state index in [1.807, 2.05) is 0 Å². The van der Waals surface area contributed by atoms with Crippen LogP contribution in [0.1, 0.15) is 190 Å². The molecule has 0 amide bonds. The third kappa shape index (κ3) is 5.85. The first-order chi connectivity index (χ1) is 26.3. The summed E-state index contributed by atoms with van der Waals surface area (Å²) in [6.45, 7) is 17.7. The highest BCUT2D eigenvalue weighted by Gasteiger charge is 2.97. The number of hydrogen-bond donors (Lipinski definition) is 0. The second-order valence-electron chi connectivity index (χ2n) is 24.9. The van der Waals surface area contributed by atoms with Crippen LogP contribution in [0.4, 0.5) is 0 Å². The van der Waals surface area contributed by atoms with Crippen molar-refractivity contribution < 1.29 is 0 Å². The Morgan fingerprint density at radius 2 is 0.722 bits per heavy atom. The molecule has 0 spiro atoms. The van der Waals surface area contributed by atoms with E-state index in [-0.39, 0.29) is 0 Å². The summed E-state index contributed by atoms with van der Waals surface area (Å²) in [4.78, 5) is 0. The maximum atomic E-state index is 2.54. The van der Waals surface area contributed by atoms with Crippen molar-refractivity contribution in [2.45, 2.75) is 190 Å². The lowest BCUT2D eigenvalue weighted by molar-refractivity contribution is -0.565. The van der Waals surface area contributed by atoms with E-state index in [0.29, 0.717) is 0 Å². The normalized spacial score (nSPS) is 60.7. The van der Waals surface area contributed by atoms with Gasteiger partial charge in [-0.2, -0.15) is 0 Å². The lowest BCUT2D eigenvalue weighted by atomic mass is 9.01. The van der Waals surface area contributed by atoms with Gasteiger partial charge in [-0.05, 0) is 250 Å². The fourth-order valence-corrected chi connectivity index (χ4v) is 20.4. The van der Waals surface area contributed by atoms with Gasteiger partial charge in [-0.1, -0.05) is 87.5 Å². The molecule has 0 saturated heterocycles. The van der Waals surface area contributed by atoms with Crippen molar-refractivity contribution in [3.05, 3.63) is 0 Å². The van der Waals surface area contributed by atoms with Crippen LogP contribution in [0.25, 0.3) is 0 Å². The number of hydrogen-bond acceptors (Lipinski definition) is 0. The number of rotatable bonds is 0. The van der Waals surface area contributed by atoms with Gasteiger partial charge in [0.15, 0.2) is 0 Å². The quantitative estimate of drug-likeness (QED) is 0.232. The molecule has 10 bridgehead atoms. The van der Waals surface area contributed by atoms with Crippen molar-refractivity contribution in [1.29, 1.82) is 0 Å². The molecule has 20 rings (SSSR count). The Kier molecular flexibility index (Phi) is 10.3.